The number of nitrogens with zero attached hydrogens (tertiary/aromatic N) is 2. The van der Waals surface area contributed by atoms with Crippen molar-refractivity contribution in [1.29, 1.82) is 5.26 Å². The van der Waals surface area contributed by atoms with Crippen LogP contribution in [-0.2, 0) is 12.1 Å². The van der Waals surface area contributed by atoms with Gasteiger partial charge in [-0.25, -0.2) is 9.37 Å². The first-order chi connectivity index (χ1) is 16.6. The Morgan fingerprint density at radius 2 is 1.72 bits per heavy atom. The minimum atomic E-state index is -6.16. The van der Waals surface area contributed by atoms with Crippen LogP contribution in [0.15, 0.2) is 46.9 Å². The summed E-state index contributed by atoms with van der Waals surface area (Å²) in [5.74, 6) is -1.83. The number of hydrogen-bond acceptors (Lipinski definition) is 4. The van der Waals surface area contributed by atoms with Gasteiger partial charge in [0.25, 0.3) is 0 Å². The first-order valence-corrected chi connectivity index (χ1v) is 11.1. The normalized spacial score (nSPS) is 13.9. The van der Waals surface area contributed by atoms with Gasteiger partial charge in [-0.15, -0.1) is 0 Å². The van der Waals surface area contributed by atoms with Gasteiger partial charge in [-0.1, -0.05) is 15.9 Å². The number of carbonyl (C=O) groups excluding carboxylic acids is 1. The zero-order valence-corrected chi connectivity index (χ0v) is 20.5. The van der Waals surface area contributed by atoms with Crippen LogP contribution in [0.25, 0.3) is 10.9 Å². The summed E-state index contributed by atoms with van der Waals surface area (Å²) in [4.78, 5) is 11.7. The van der Waals surface area contributed by atoms with Crippen molar-refractivity contribution < 1.29 is 44.7 Å². The summed E-state index contributed by atoms with van der Waals surface area (Å²) < 4.78 is 112. The molecule has 0 bridgehead atoms. The van der Waals surface area contributed by atoms with Gasteiger partial charge in [-0.3, -0.25) is 4.79 Å². The van der Waals surface area contributed by atoms with Crippen molar-refractivity contribution in [3.8, 4) is 11.8 Å². The number of benzene rings is 2. The maximum atomic E-state index is 14.8. The predicted molar refractivity (Wildman–Crippen MR) is 118 cm³/mol. The number of rotatable bonds is 7. The molecule has 1 heterocycles. The van der Waals surface area contributed by atoms with E-state index in [1.165, 1.54) is 46.3 Å². The topological polar surface area (TPSA) is 63.0 Å². The number of hydrogen-bond donors (Lipinski definition) is 0. The Morgan fingerprint density at radius 3 is 2.28 bits per heavy atom. The zero-order valence-electron chi connectivity index (χ0n) is 17.3. The standard InChI is InChI=1S/C22H10Br2F8N2O2/c23-15-6-12(20(27,21(24,28)29)22(30,31)32)7-18(36-19(25)26)14(15)8-17(35)11-2-4-16-10(5-11)1-3-13(9-33)34-16/h1-7,19H,8H2. The summed E-state index contributed by atoms with van der Waals surface area (Å²) in [6, 6.07) is 9.22. The molecule has 0 spiro atoms. The Bertz CT molecular complexity index is 1350. The number of pyridine rings is 1. The van der Waals surface area contributed by atoms with Crippen LogP contribution in [0.1, 0.15) is 27.2 Å². The number of aromatic nitrogens is 1. The lowest BCUT2D eigenvalue weighted by Gasteiger charge is -2.32. The Balaban J connectivity index is 2.08. The van der Waals surface area contributed by atoms with Gasteiger partial charge < -0.3 is 4.74 Å². The molecule has 14 heteroatoms. The average molecular weight is 646 g/mol. The maximum Gasteiger partial charge on any atom is 0.433 e. The van der Waals surface area contributed by atoms with Crippen LogP contribution < -0.4 is 4.74 Å². The first kappa shape index (κ1) is 27.8. The lowest BCUT2D eigenvalue weighted by molar-refractivity contribution is -0.282. The second-order valence-electron chi connectivity index (χ2n) is 7.28. The van der Waals surface area contributed by atoms with Crippen molar-refractivity contribution in [2.45, 2.75) is 29.7 Å². The molecule has 4 nitrogen and oxygen atoms in total. The van der Waals surface area contributed by atoms with E-state index in [9.17, 15) is 39.9 Å². The molecule has 1 unspecified atom stereocenters. The van der Waals surface area contributed by atoms with E-state index in [2.05, 4.69) is 25.7 Å². The molecule has 0 aliphatic heterocycles. The minimum Gasteiger partial charge on any atom is -0.434 e. The second-order valence-corrected chi connectivity index (χ2v) is 9.13. The second kappa shape index (κ2) is 9.93. The molecule has 0 saturated carbocycles. The number of alkyl halides is 9. The monoisotopic (exact) mass is 644 g/mol. The highest BCUT2D eigenvalue weighted by Crippen LogP contribution is 2.56. The fraction of sp³-hybridized carbons (Fsp3) is 0.227. The van der Waals surface area contributed by atoms with E-state index < -0.39 is 56.8 Å². The summed E-state index contributed by atoms with van der Waals surface area (Å²) in [5.41, 5.74) is -6.95. The van der Waals surface area contributed by atoms with Crippen LogP contribution in [0.5, 0.6) is 5.75 Å². The number of ketones is 1. The van der Waals surface area contributed by atoms with E-state index in [4.69, 9.17) is 5.26 Å². The fourth-order valence-electron chi connectivity index (χ4n) is 3.29. The molecule has 0 fully saturated rings. The molecule has 1 atom stereocenters. The molecule has 0 saturated heterocycles. The number of halogens is 10. The summed E-state index contributed by atoms with van der Waals surface area (Å²) in [7, 11) is 0. The molecule has 0 amide bonds. The maximum absolute atomic E-state index is 14.8. The van der Waals surface area contributed by atoms with Gasteiger partial charge in [0.15, 0.2) is 5.78 Å². The van der Waals surface area contributed by atoms with Gasteiger partial charge >= 0.3 is 23.3 Å². The molecule has 2 aromatic carbocycles. The van der Waals surface area contributed by atoms with Crippen molar-refractivity contribution in [3.05, 3.63) is 69.3 Å². The summed E-state index contributed by atoms with van der Waals surface area (Å²) >= 11 is 4.14. The number of fused-ring (bicyclic) bond motifs is 1. The third-order valence-corrected chi connectivity index (χ3v) is 6.27. The smallest absolute Gasteiger partial charge is 0.433 e. The molecule has 190 valence electrons. The van der Waals surface area contributed by atoms with Crippen LogP contribution in [-0.4, -0.2) is 28.4 Å². The largest absolute Gasteiger partial charge is 0.434 e. The third-order valence-electron chi connectivity index (χ3n) is 5.01. The Kier molecular flexibility index (Phi) is 7.67. The van der Waals surface area contributed by atoms with Crippen molar-refractivity contribution in [2.75, 3.05) is 0 Å². The molecule has 0 radical (unpaired) electrons. The molecule has 0 N–H and O–H groups in total. The lowest BCUT2D eigenvalue weighted by atomic mass is 9.92. The molecular weight excluding hydrogens is 636 g/mol. The van der Waals surface area contributed by atoms with Gasteiger partial charge in [-0.2, -0.15) is 36.0 Å². The van der Waals surface area contributed by atoms with Crippen molar-refractivity contribution in [2.24, 2.45) is 0 Å². The summed E-state index contributed by atoms with van der Waals surface area (Å²) in [5, 5.41) is 9.36. The first-order valence-electron chi connectivity index (χ1n) is 9.52. The van der Waals surface area contributed by atoms with E-state index in [-0.39, 0.29) is 17.3 Å². The molecular formula is C22H10Br2F8N2O2. The number of nitriles is 1. The van der Waals surface area contributed by atoms with Crippen molar-refractivity contribution in [3.63, 3.8) is 0 Å². The highest BCUT2D eigenvalue weighted by molar-refractivity contribution is 9.10. The van der Waals surface area contributed by atoms with E-state index in [1.54, 1.807) is 0 Å². The molecule has 0 aliphatic carbocycles. The SMILES string of the molecule is N#Cc1ccc2cc(C(=O)Cc3c(Br)cc(C(F)(C(F)(F)F)C(F)(F)Br)cc3OC(F)F)ccc2n1. The lowest BCUT2D eigenvalue weighted by Crippen LogP contribution is -2.49. The van der Waals surface area contributed by atoms with Crippen LogP contribution >= 0.6 is 31.9 Å². The van der Waals surface area contributed by atoms with Crippen LogP contribution in [0.3, 0.4) is 0 Å². The average Bonchev–Trinajstić information content (AvgIpc) is 2.77. The van der Waals surface area contributed by atoms with Crippen molar-refractivity contribution >= 4 is 48.5 Å². The Labute approximate surface area is 214 Å². The highest BCUT2D eigenvalue weighted by atomic mass is 79.9. The van der Waals surface area contributed by atoms with E-state index >= 15 is 0 Å². The van der Waals surface area contributed by atoms with Gasteiger partial charge in [0.2, 0.25) is 0 Å². The highest BCUT2D eigenvalue weighted by Gasteiger charge is 2.71. The summed E-state index contributed by atoms with van der Waals surface area (Å²) in [6.07, 6.45) is -6.89. The molecule has 1 aromatic heterocycles. The van der Waals surface area contributed by atoms with Gasteiger partial charge in [0.05, 0.1) is 5.52 Å². The van der Waals surface area contributed by atoms with Crippen LogP contribution in [0, 0.1) is 11.3 Å². The van der Waals surface area contributed by atoms with E-state index in [0.29, 0.717) is 17.0 Å². The quantitative estimate of drug-likeness (QED) is 0.151. The third kappa shape index (κ3) is 5.31. The number of Topliss-reactive ketones (excluding diaryl/α,β-unsaturated/α-hetero) is 1. The van der Waals surface area contributed by atoms with Gasteiger partial charge in [0.1, 0.15) is 17.5 Å². The molecule has 3 rings (SSSR count). The number of ether oxygens (including phenoxy) is 1. The van der Waals surface area contributed by atoms with E-state index in [0.717, 1.165) is 0 Å². The minimum absolute atomic E-state index is 0.0371. The van der Waals surface area contributed by atoms with Crippen molar-refractivity contribution in [1.82, 2.24) is 4.98 Å². The van der Waals surface area contributed by atoms with Gasteiger partial charge in [0, 0.05) is 33.0 Å². The van der Waals surface area contributed by atoms with Crippen LogP contribution in [0.2, 0.25) is 0 Å². The zero-order chi connectivity index (χ0) is 27.1. The Hall–Kier alpha value is -2.79. The number of carbonyl (C=O) groups is 1. The van der Waals surface area contributed by atoms with Gasteiger partial charge in [-0.05, 0) is 58.4 Å². The predicted octanol–water partition coefficient (Wildman–Crippen LogP) is 7.61. The fourth-order valence-corrected chi connectivity index (χ4v) is 4.33. The van der Waals surface area contributed by atoms with E-state index in [1.807, 2.05) is 6.07 Å². The van der Waals surface area contributed by atoms with Crippen LogP contribution in [0.4, 0.5) is 35.1 Å². The summed E-state index contributed by atoms with van der Waals surface area (Å²) in [6.45, 7) is -3.63. The molecule has 0 aliphatic rings. The molecule has 36 heavy (non-hydrogen) atoms. The Morgan fingerprint density at radius 1 is 1.06 bits per heavy atom. The molecule has 3 aromatic rings.